The molecule has 7 heteroatoms. The van der Waals surface area contributed by atoms with Crippen molar-refractivity contribution < 1.29 is 13.6 Å². The Balaban J connectivity index is 1.75. The van der Waals surface area contributed by atoms with Crippen molar-refractivity contribution in [2.75, 3.05) is 7.05 Å². The van der Waals surface area contributed by atoms with E-state index in [1.54, 1.807) is 20.0 Å². The highest BCUT2D eigenvalue weighted by molar-refractivity contribution is 5.98. The molecule has 0 aliphatic carbocycles. The van der Waals surface area contributed by atoms with Gasteiger partial charge in [0.2, 0.25) is 0 Å². The van der Waals surface area contributed by atoms with Gasteiger partial charge < -0.3 is 14.5 Å². The second-order valence-corrected chi connectivity index (χ2v) is 7.18. The Hall–Kier alpha value is -3.48. The SMILES string of the molecule is CC(c1c[nH]c(=O)c2cc(F)c(F)cc12)N(C)C(=O)c1ccc2ccn(C)c2c1. The Kier molecular flexibility index (Phi) is 4.45. The number of nitrogens with zero attached hydrogens (tertiary/aromatic N) is 2. The molecule has 1 atom stereocenters. The monoisotopic (exact) mass is 395 g/mol. The smallest absolute Gasteiger partial charge is 0.255 e. The average molecular weight is 395 g/mol. The first-order valence-electron chi connectivity index (χ1n) is 9.10. The minimum Gasteiger partial charge on any atom is -0.351 e. The van der Waals surface area contributed by atoms with Gasteiger partial charge in [-0.1, -0.05) is 6.07 Å². The zero-order valence-electron chi connectivity index (χ0n) is 16.2. The van der Waals surface area contributed by atoms with Crippen LogP contribution in [0.2, 0.25) is 0 Å². The van der Waals surface area contributed by atoms with E-state index in [-0.39, 0.29) is 16.7 Å². The van der Waals surface area contributed by atoms with Crippen molar-refractivity contribution in [2.24, 2.45) is 7.05 Å². The molecule has 0 spiro atoms. The standard InChI is InChI=1S/C22H19F2N3O2/c1-12(17-11-25-21(28)16-10-19(24)18(23)9-15(16)17)27(3)22(29)14-5-4-13-6-7-26(2)20(13)8-14/h4-12H,1-3H3,(H,25,28). The number of nitrogens with one attached hydrogen (secondary N) is 1. The summed E-state index contributed by atoms with van der Waals surface area (Å²) in [4.78, 5) is 29.2. The first kappa shape index (κ1) is 18.9. The fourth-order valence-electron chi connectivity index (χ4n) is 3.60. The van der Waals surface area contributed by atoms with Crippen molar-refractivity contribution in [2.45, 2.75) is 13.0 Å². The molecule has 4 rings (SSSR count). The van der Waals surface area contributed by atoms with Crippen LogP contribution < -0.4 is 5.56 Å². The van der Waals surface area contributed by atoms with Crippen molar-refractivity contribution in [3.8, 4) is 0 Å². The molecule has 1 unspecified atom stereocenters. The Labute approximate surface area is 165 Å². The summed E-state index contributed by atoms with van der Waals surface area (Å²) in [5.41, 5.74) is 1.45. The molecule has 0 radical (unpaired) electrons. The Morgan fingerprint density at radius 1 is 1.10 bits per heavy atom. The predicted molar refractivity (Wildman–Crippen MR) is 108 cm³/mol. The number of rotatable bonds is 3. The number of amides is 1. The molecule has 2 heterocycles. The number of fused-ring (bicyclic) bond motifs is 2. The van der Waals surface area contributed by atoms with Crippen molar-refractivity contribution >= 4 is 27.6 Å². The summed E-state index contributed by atoms with van der Waals surface area (Å²) in [5, 5.41) is 1.35. The summed E-state index contributed by atoms with van der Waals surface area (Å²) in [6.45, 7) is 1.77. The van der Waals surface area contributed by atoms with Crippen LogP contribution in [0.15, 0.2) is 53.6 Å². The molecule has 29 heavy (non-hydrogen) atoms. The van der Waals surface area contributed by atoms with Crippen LogP contribution in [0.1, 0.15) is 28.9 Å². The molecule has 1 N–H and O–H groups in total. The number of H-pyrrole nitrogens is 1. The van der Waals surface area contributed by atoms with Crippen LogP contribution in [0.25, 0.3) is 21.7 Å². The van der Waals surface area contributed by atoms with E-state index >= 15 is 0 Å². The van der Waals surface area contributed by atoms with Crippen molar-refractivity contribution in [3.05, 3.63) is 81.9 Å². The zero-order chi connectivity index (χ0) is 20.9. The fourth-order valence-corrected chi connectivity index (χ4v) is 3.60. The first-order valence-corrected chi connectivity index (χ1v) is 9.10. The molecule has 0 saturated carbocycles. The summed E-state index contributed by atoms with van der Waals surface area (Å²) in [6, 6.07) is 8.82. The summed E-state index contributed by atoms with van der Waals surface area (Å²) in [7, 11) is 3.54. The second kappa shape index (κ2) is 6.84. The van der Waals surface area contributed by atoms with Crippen molar-refractivity contribution in [3.63, 3.8) is 0 Å². The quantitative estimate of drug-likeness (QED) is 0.567. The number of hydrogen-bond donors (Lipinski definition) is 1. The highest BCUT2D eigenvalue weighted by atomic mass is 19.2. The van der Waals surface area contributed by atoms with Crippen molar-refractivity contribution in [1.29, 1.82) is 0 Å². The molecule has 5 nitrogen and oxygen atoms in total. The van der Waals surface area contributed by atoms with E-state index in [0.29, 0.717) is 11.1 Å². The number of aromatic nitrogens is 2. The van der Waals surface area contributed by atoms with Gasteiger partial charge >= 0.3 is 0 Å². The van der Waals surface area contributed by atoms with Crippen LogP contribution >= 0.6 is 0 Å². The Morgan fingerprint density at radius 3 is 2.52 bits per heavy atom. The van der Waals surface area contributed by atoms with Gasteiger partial charge in [0.25, 0.3) is 11.5 Å². The number of benzene rings is 2. The average Bonchev–Trinajstić information content (AvgIpc) is 3.08. The topological polar surface area (TPSA) is 58.1 Å². The van der Waals surface area contributed by atoms with Gasteiger partial charge in [-0.3, -0.25) is 9.59 Å². The summed E-state index contributed by atoms with van der Waals surface area (Å²) in [5.74, 6) is -2.35. The molecular weight excluding hydrogens is 376 g/mol. The van der Waals surface area contributed by atoms with Gasteiger partial charge in [-0.15, -0.1) is 0 Å². The molecule has 2 aromatic heterocycles. The predicted octanol–water partition coefficient (Wildman–Crippen LogP) is 4.13. The van der Waals surface area contributed by atoms with Crippen LogP contribution in [-0.4, -0.2) is 27.4 Å². The van der Waals surface area contributed by atoms with E-state index in [1.807, 2.05) is 36.0 Å². The van der Waals surface area contributed by atoms with Gasteiger partial charge in [0.15, 0.2) is 11.6 Å². The molecule has 2 aromatic carbocycles. The Bertz CT molecular complexity index is 1320. The largest absolute Gasteiger partial charge is 0.351 e. The molecule has 0 bridgehead atoms. The highest BCUT2D eigenvalue weighted by Crippen LogP contribution is 2.28. The molecule has 0 saturated heterocycles. The molecular formula is C22H19F2N3O2. The normalized spacial score (nSPS) is 12.4. The maximum atomic E-state index is 13.8. The van der Waals surface area contributed by atoms with Gasteiger partial charge in [0, 0.05) is 37.6 Å². The minimum atomic E-state index is -1.09. The lowest BCUT2D eigenvalue weighted by Gasteiger charge is -2.26. The molecule has 1 amide bonds. The van der Waals surface area contributed by atoms with Crippen LogP contribution in [-0.2, 0) is 7.05 Å². The number of halogens is 2. The zero-order valence-corrected chi connectivity index (χ0v) is 16.2. The van der Waals surface area contributed by atoms with Gasteiger partial charge in [-0.05, 0) is 53.6 Å². The first-order chi connectivity index (χ1) is 13.8. The third-order valence-corrected chi connectivity index (χ3v) is 5.46. The van der Waals surface area contributed by atoms with Crippen molar-refractivity contribution in [1.82, 2.24) is 14.5 Å². The summed E-state index contributed by atoms with van der Waals surface area (Å²) < 4.78 is 29.4. The van der Waals surface area contributed by atoms with Gasteiger partial charge in [0.1, 0.15) is 0 Å². The summed E-state index contributed by atoms with van der Waals surface area (Å²) >= 11 is 0. The van der Waals surface area contributed by atoms with Crippen LogP contribution in [0, 0.1) is 11.6 Å². The van der Waals surface area contributed by atoms with E-state index in [4.69, 9.17) is 0 Å². The van der Waals surface area contributed by atoms with Crippen LogP contribution in [0.3, 0.4) is 0 Å². The number of carbonyl (C=O) groups excluding carboxylic acids is 1. The molecule has 0 aliphatic rings. The van der Waals surface area contributed by atoms with Gasteiger partial charge in [-0.2, -0.15) is 0 Å². The number of carbonyl (C=O) groups is 1. The maximum absolute atomic E-state index is 13.8. The third kappa shape index (κ3) is 3.08. The van der Waals surface area contributed by atoms with E-state index in [2.05, 4.69) is 4.98 Å². The molecule has 0 fully saturated rings. The molecule has 4 aromatic rings. The highest BCUT2D eigenvalue weighted by Gasteiger charge is 2.22. The van der Waals surface area contributed by atoms with E-state index < -0.39 is 23.2 Å². The number of pyridine rings is 1. The summed E-state index contributed by atoms with van der Waals surface area (Å²) in [6.07, 6.45) is 3.36. The maximum Gasteiger partial charge on any atom is 0.255 e. The van der Waals surface area contributed by atoms with E-state index in [9.17, 15) is 18.4 Å². The van der Waals surface area contributed by atoms with Gasteiger partial charge in [0.05, 0.1) is 11.4 Å². The minimum absolute atomic E-state index is 0.0410. The number of aryl methyl sites for hydroxylation is 1. The second-order valence-electron chi connectivity index (χ2n) is 7.18. The van der Waals surface area contributed by atoms with E-state index in [0.717, 1.165) is 23.0 Å². The van der Waals surface area contributed by atoms with Crippen LogP contribution in [0.4, 0.5) is 8.78 Å². The Morgan fingerprint density at radius 2 is 1.79 bits per heavy atom. The lowest BCUT2D eigenvalue weighted by Crippen LogP contribution is -2.30. The number of hydrogen-bond acceptors (Lipinski definition) is 2. The van der Waals surface area contributed by atoms with E-state index in [1.165, 1.54) is 11.1 Å². The van der Waals surface area contributed by atoms with Crippen LogP contribution in [0.5, 0.6) is 0 Å². The van der Waals surface area contributed by atoms with Gasteiger partial charge in [-0.25, -0.2) is 8.78 Å². The lowest BCUT2D eigenvalue weighted by atomic mass is 10.0. The lowest BCUT2D eigenvalue weighted by molar-refractivity contribution is 0.0743. The number of aromatic amines is 1. The third-order valence-electron chi connectivity index (χ3n) is 5.46. The fraction of sp³-hybridized carbons (Fsp3) is 0.182. The molecule has 148 valence electrons. The molecule has 0 aliphatic heterocycles.